The quantitative estimate of drug-likeness (QED) is 0.331. The Hall–Kier alpha value is -2.36. The Morgan fingerprint density at radius 2 is 2.00 bits per heavy atom. The fourth-order valence-corrected chi connectivity index (χ4v) is 2.58. The lowest BCUT2D eigenvalue weighted by Gasteiger charge is -2.26. The molecule has 0 spiro atoms. The van der Waals surface area contributed by atoms with E-state index in [-0.39, 0.29) is 0 Å². The number of carboxylic acid groups (broad SMARTS) is 1. The first-order chi connectivity index (χ1) is 11.2. The van der Waals surface area contributed by atoms with Gasteiger partial charge in [-0.1, -0.05) is 0 Å². The molecule has 10 nitrogen and oxygen atoms in total. The Morgan fingerprint density at radius 1 is 1.33 bits per heavy atom. The average molecular weight is 343 g/mol. The lowest BCUT2D eigenvalue weighted by Crippen LogP contribution is -2.53. The summed E-state index contributed by atoms with van der Waals surface area (Å²) in [5.41, 5.74) is 10.7. The standard InChI is InChI=1S/C14H25N5O5/c1-8(12(21)19-7-3-5-10(19)13(22)23)18-11(20)9(15)4-2-6-17-14(16)24/h8-10H,2-7,15H2,1H3,(H,18,20)(H,22,23)(H3,16,17,24)/t8-,9+,10+/m1/s1. The molecule has 1 aliphatic heterocycles. The summed E-state index contributed by atoms with van der Waals surface area (Å²) >= 11 is 0. The van der Waals surface area contributed by atoms with Crippen LogP contribution in [-0.2, 0) is 14.4 Å². The molecule has 0 unspecified atom stereocenters. The molecule has 0 radical (unpaired) electrons. The molecule has 0 aliphatic carbocycles. The van der Waals surface area contributed by atoms with Crippen molar-refractivity contribution in [2.45, 2.75) is 50.7 Å². The topological polar surface area (TPSA) is 168 Å². The lowest BCUT2D eigenvalue weighted by atomic mass is 10.1. The monoisotopic (exact) mass is 343 g/mol. The summed E-state index contributed by atoms with van der Waals surface area (Å²) in [4.78, 5) is 47.2. The third kappa shape index (κ3) is 5.69. The van der Waals surface area contributed by atoms with E-state index in [9.17, 15) is 19.2 Å². The summed E-state index contributed by atoms with van der Waals surface area (Å²) in [5.74, 6) is -1.98. The Morgan fingerprint density at radius 3 is 2.58 bits per heavy atom. The number of primary amides is 1. The van der Waals surface area contributed by atoms with E-state index in [1.807, 2.05) is 0 Å². The first-order valence-electron chi connectivity index (χ1n) is 7.86. The number of rotatable bonds is 8. The number of hydrogen-bond acceptors (Lipinski definition) is 5. The zero-order valence-electron chi connectivity index (χ0n) is 13.7. The van der Waals surface area contributed by atoms with Crippen molar-refractivity contribution in [2.75, 3.05) is 13.1 Å². The molecule has 1 fully saturated rings. The molecule has 1 heterocycles. The summed E-state index contributed by atoms with van der Waals surface area (Å²) in [6.45, 7) is 2.17. The Labute approximate surface area is 139 Å². The first-order valence-corrected chi connectivity index (χ1v) is 7.86. The van der Waals surface area contributed by atoms with E-state index in [1.54, 1.807) is 0 Å². The minimum absolute atomic E-state index is 0.304. The molecule has 1 aliphatic rings. The Balaban J connectivity index is 2.43. The Kier molecular flexibility index (Phi) is 7.43. The number of likely N-dealkylation sites (tertiary alicyclic amines) is 1. The van der Waals surface area contributed by atoms with Crippen molar-refractivity contribution in [3.05, 3.63) is 0 Å². The van der Waals surface area contributed by atoms with Gasteiger partial charge in [-0.2, -0.15) is 0 Å². The fraction of sp³-hybridized carbons (Fsp3) is 0.714. The van der Waals surface area contributed by atoms with Gasteiger partial charge in [-0.05, 0) is 32.6 Å². The minimum atomic E-state index is -1.04. The fourth-order valence-electron chi connectivity index (χ4n) is 2.58. The molecule has 136 valence electrons. The SMILES string of the molecule is C[C@@H](NC(=O)[C@@H](N)CCCNC(N)=O)C(=O)N1CCC[C@H]1C(=O)O. The van der Waals surface area contributed by atoms with Gasteiger partial charge in [0.25, 0.3) is 0 Å². The highest BCUT2D eigenvalue weighted by atomic mass is 16.4. The predicted molar refractivity (Wildman–Crippen MR) is 84.8 cm³/mol. The number of carbonyl (C=O) groups is 4. The van der Waals surface area contributed by atoms with Crippen LogP contribution in [0.1, 0.15) is 32.6 Å². The number of nitrogens with zero attached hydrogens (tertiary/aromatic N) is 1. The van der Waals surface area contributed by atoms with E-state index in [0.717, 1.165) is 0 Å². The van der Waals surface area contributed by atoms with Crippen LogP contribution in [0.25, 0.3) is 0 Å². The smallest absolute Gasteiger partial charge is 0.326 e. The van der Waals surface area contributed by atoms with Gasteiger partial charge in [0.05, 0.1) is 6.04 Å². The van der Waals surface area contributed by atoms with Crippen LogP contribution in [0.4, 0.5) is 4.79 Å². The second kappa shape index (κ2) is 9.06. The number of hydrogen-bond donors (Lipinski definition) is 5. The molecule has 0 aromatic carbocycles. The van der Waals surface area contributed by atoms with Crippen LogP contribution in [-0.4, -0.2) is 65.0 Å². The van der Waals surface area contributed by atoms with E-state index in [4.69, 9.17) is 16.6 Å². The van der Waals surface area contributed by atoms with Crippen molar-refractivity contribution in [1.29, 1.82) is 0 Å². The van der Waals surface area contributed by atoms with Crippen molar-refractivity contribution >= 4 is 23.8 Å². The number of urea groups is 1. The van der Waals surface area contributed by atoms with Crippen LogP contribution >= 0.6 is 0 Å². The summed E-state index contributed by atoms with van der Waals surface area (Å²) < 4.78 is 0. The van der Waals surface area contributed by atoms with Crippen molar-refractivity contribution in [1.82, 2.24) is 15.5 Å². The normalized spacial score (nSPS) is 19.4. The van der Waals surface area contributed by atoms with Gasteiger partial charge in [0.15, 0.2) is 0 Å². The number of amides is 4. The van der Waals surface area contributed by atoms with E-state index < -0.39 is 41.9 Å². The van der Waals surface area contributed by atoms with E-state index in [1.165, 1.54) is 11.8 Å². The summed E-state index contributed by atoms with van der Waals surface area (Å²) in [5, 5.41) is 14.0. The maximum Gasteiger partial charge on any atom is 0.326 e. The minimum Gasteiger partial charge on any atom is -0.480 e. The zero-order valence-corrected chi connectivity index (χ0v) is 13.7. The highest BCUT2D eigenvalue weighted by molar-refractivity contribution is 5.91. The van der Waals surface area contributed by atoms with Gasteiger partial charge in [-0.15, -0.1) is 0 Å². The molecule has 0 aromatic rings. The highest BCUT2D eigenvalue weighted by Crippen LogP contribution is 2.18. The molecular formula is C14H25N5O5. The van der Waals surface area contributed by atoms with Gasteiger partial charge in [0.1, 0.15) is 12.1 Å². The second-order valence-corrected chi connectivity index (χ2v) is 5.80. The number of carboxylic acids is 1. The third-order valence-corrected chi connectivity index (χ3v) is 3.88. The van der Waals surface area contributed by atoms with E-state index in [0.29, 0.717) is 38.8 Å². The van der Waals surface area contributed by atoms with Crippen molar-refractivity contribution in [3.8, 4) is 0 Å². The van der Waals surface area contributed by atoms with E-state index >= 15 is 0 Å². The van der Waals surface area contributed by atoms with Gasteiger partial charge < -0.3 is 32.1 Å². The van der Waals surface area contributed by atoms with Gasteiger partial charge in [0.2, 0.25) is 11.8 Å². The average Bonchev–Trinajstić information content (AvgIpc) is 2.99. The first kappa shape index (κ1) is 19.7. The molecule has 24 heavy (non-hydrogen) atoms. The van der Waals surface area contributed by atoms with E-state index in [2.05, 4.69) is 10.6 Å². The van der Waals surface area contributed by atoms with Gasteiger partial charge in [-0.25, -0.2) is 9.59 Å². The van der Waals surface area contributed by atoms with Crippen molar-refractivity contribution in [2.24, 2.45) is 11.5 Å². The molecule has 3 atom stereocenters. The molecule has 0 saturated carbocycles. The number of nitrogens with one attached hydrogen (secondary N) is 2. The molecule has 0 bridgehead atoms. The van der Waals surface area contributed by atoms with Crippen LogP contribution in [0.2, 0.25) is 0 Å². The van der Waals surface area contributed by atoms with Crippen LogP contribution in [0.3, 0.4) is 0 Å². The molecule has 10 heteroatoms. The zero-order chi connectivity index (χ0) is 18.3. The molecule has 7 N–H and O–H groups in total. The molecule has 0 aromatic heterocycles. The van der Waals surface area contributed by atoms with Gasteiger partial charge >= 0.3 is 12.0 Å². The van der Waals surface area contributed by atoms with Crippen LogP contribution in [0.5, 0.6) is 0 Å². The molecule has 4 amide bonds. The molecule has 1 rings (SSSR count). The van der Waals surface area contributed by atoms with Crippen LogP contribution < -0.4 is 22.1 Å². The predicted octanol–water partition coefficient (Wildman–Crippen LogP) is -1.66. The summed E-state index contributed by atoms with van der Waals surface area (Å²) in [6.07, 6.45) is 1.81. The van der Waals surface area contributed by atoms with Crippen molar-refractivity contribution < 1.29 is 24.3 Å². The van der Waals surface area contributed by atoms with Crippen LogP contribution in [0.15, 0.2) is 0 Å². The number of aliphatic carboxylic acids is 1. The summed E-state index contributed by atoms with van der Waals surface area (Å²) in [7, 11) is 0. The summed E-state index contributed by atoms with van der Waals surface area (Å²) in [6, 6.07) is -3.17. The van der Waals surface area contributed by atoms with Gasteiger partial charge in [0, 0.05) is 13.1 Å². The second-order valence-electron chi connectivity index (χ2n) is 5.80. The van der Waals surface area contributed by atoms with Crippen LogP contribution in [0, 0.1) is 0 Å². The number of carbonyl (C=O) groups excluding carboxylic acids is 3. The maximum absolute atomic E-state index is 12.3. The molecular weight excluding hydrogens is 318 g/mol. The van der Waals surface area contributed by atoms with Crippen molar-refractivity contribution in [3.63, 3.8) is 0 Å². The Bertz CT molecular complexity index is 498. The highest BCUT2D eigenvalue weighted by Gasteiger charge is 2.36. The lowest BCUT2D eigenvalue weighted by molar-refractivity contribution is -0.149. The number of nitrogens with two attached hydrogens (primary N) is 2. The van der Waals surface area contributed by atoms with Gasteiger partial charge in [-0.3, -0.25) is 9.59 Å². The molecule has 1 saturated heterocycles. The largest absolute Gasteiger partial charge is 0.480 e. The maximum atomic E-state index is 12.3. The third-order valence-electron chi connectivity index (χ3n) is 3.88.